The summed E-state index contributed by atoms with van der Waals surface area (Å²) in [4.78, 5) is 26.6. The Bertz CT molecular complexity index is 518. The molecule has 6 heteroatoms. The fourth-order valence-electron chi connectivity index (χ4n) is 2.27. The van der Waals surface area contributed by atoms with E-state index in [1.165, 1.54) is 9.80 Å². The molecule has 1 saturated heterocycles. The minimum atomic E-state index is -0.844. The SMILES string of the molecule is CCN1CCN(CC(O)c2cccc(N)c2)C(=O)C1=O. The molecule has 0 saturated carbocycles. The van der Waals surface area contributed by atoms with Crippen LogP contribution in [0.5, 0.6) is 0 Å². The van der Waals surface area contributed by atoms with Gasteiger partial charge in [0.05, 0.1) is 12.6 Å². The van der Waals surface area contributed by atoms with Crippen molar-refractivity contribution in [3.63, 3.8) is 0 Å². The fourth-order valence-corrected chi connectivity index (χ4v) is 2.27. The van der Waals surface area contributed by atoms with E-state index in [9.17, 15) is 14.7 Å². The minimum absolute atomic E-state index is 0.103. The summed E-state index contributed by atoms with van der Waals surface area (Å²) in [5.41, 5.74) is 6.86. The van der Waals surface area contributed by atoms with Crippen molar-refractivity contribution < 1.29 is 14.7 Å². The smallest absolute Gasteiger partial charge is 0.312 e. The Morgan fingerprint density at radius 2 is 1.90 bits per heavy atom. The first-order valence-electron chi connectivity index (χ1n) is 6.64. The normalized spacial score (nSPS) is 17.5. The second-order valence-corrected chi connectivity index (χ2v) is 4.82. The summed E-state index contributed by atoms with van der Waals surface area (Å²) in [5.74, 6) is -1.06. The molecule has 1 fully saturated rings. The number of β-amino-alcohol motifs (C(OH)–C–C–N with tert-alkyl or cyclic N) is 1. The predicted octanol–water partition coefficient (Wildman–Crippen LogP) is -0.00710. The van der Waals surface area contributed by atoms with Gasteiger partial charge in [0.2, 0.25) is 0 Å². The summed E-state index contributed by atoms with van der Waals surface area (Å²) in [6.07, 6.45) is -0.844. The number of nitrogens with zero attached hydrogens (tertiary/aromatic N) is 2. The molecule has 2 rings (SSSR count). The van der Waals surface area contributed by atoms with Gasteiger partial charge in [-0.2, -0.15) is 0 Å². The lowest BCUT2D eigenvalue weighted by Gasteiger charge is -2.34. The lowest BCUT2D eigenvalue weighted by atomic mass is 10.1. The van der Waals surface area contributed by atoms with Crippen LogP contribution in [-0.2, 0) is 9.59 Å². The molecular weight excluding hydrogens is 258 g/mol. The van der Waals surface area contributed by atoms with Crippen LogP contribution in [-0.4, -0.2) is 52.9 Å². The van der Waals surface area contributed by atoms with Gasteiger partial charge >= 0.3 is 11.8 Å². The highest BCUT2D eigenvalue weighted by Crippen LogP contribution is 2.18. The summed E-state index contributed by atoms with van der Waals surface area (Å²) in [6, 6.07) is 6.88. The van der Waals surface area contributed by atoms with Crippen molar-refractivity contribution in [2.45, 2.75) is 13.0 Å². The first kappa shape index (κ1) is 14.3. The molecular formula is C14H19N3O3. The topological polar surface area (TPSA) is 86.9 Å². The molecule has 1 atom stereocenters. The van der Waals surface area contributed by atoms with Crippen LogP contribution >= 0.6 is 0 Å². The molecule has 0 bridgehead atoms. The first-order valence-corrected chi connectivity index (χ1v) is 6.64. The maximum Gasteiger partial charge on any atom is 0.312 e. The summed E-state index contributed by atoms with van der Waals surface area (Å²) in [6.45, 7) is 3.41. The highest BCUT2D eigenvalue weighted by Gasteiger charge is 2.32. The van der Waals surface area contributed by atoms with E-state index >= 15 is 0 Å². The molecule has 20 heavy (non-hydrogen) atoms. The second kappa shape index (κ2) is 5.92. The van der Waals surface area contributed by atoms with Gasteiger partial charge in [-0.25, -0.2) is 0 Å². The second-order valence-electron chi connectivity index (χ2n) is 4.82. The van der Waals surface area contributed by atoms with Crippen LogP contribution in [0.15, 0.2) is 24.3 Å². The third-order valence-electron chi connectivity index (χ3n) is 3.47. The molecule has 108 valence electrons. The van der Waals surface area contributed by atoms with Crippen LogP contribution < -0.4 is 5.73 Å². The average Bonchev–Trinajstić information content (AvgIpc) is 2.44. The van der Waals surface area contributed by atoms with Crippen LogP contribution in [0, 0.1) is 0 Å². The Morgan fingerprint density at radius 1 is 1.25 bits per heavy atom. The molecule has 0 spiro atoms. The zero-order chi connectivity index (χ0) is 14.7. The quantitative estimate of drug-likeness (QED) is 0.599. The monoisotopic (exact) mass is 277 g/mol. The van der Waals surface area contributed by atoms with E-state index in [1.807, 2.05) is 6.92 Å². The molecule has 3 N–H and O–H groups in total. The number of aliphatic hydroxyl groups excluding tert-OH is 1. The molecule has 1 aromatic rings. The number of hydrogen-bond donors (Lipinski definition) is 2. The van der Waals surface area contributed by atoms with E-state index in [2.05, 4.69) is 0 Å². The number of piperazine rings is 1. The zero-order valence-electron chi connectivity index (χ0n) is 11.5. The van der Waals surface area contributed by atoms with Crippen molar-refractivity contribution in [3.05, 3.63) is 29.8 Å². The standard InChI is InChI=1S/C14H19N3O3/c1-2-16-6-7-17(14(20)13(16)19)9-12(18)10-4-3-5-11(15)8-10/h3-5,8,12,18H,2,6-7,9,15H2,1H3. The molecule has 1 heterocycles. The number of carbonyl (C=O) groups is 2. The molecule has 1 aliphatic rings. The predicted molar refractivity (Wildman–Crippen MR) is 74.6 cm³/mol. The average molecular weight is 277 g/mol. The third kappa shape index (κ3) is 2.91. The molecule has 6 nitrogen and oxygen atoms in total. The number of rotatable bonds is 4. The number of likely N-dealkylation sites (N-methyl/N-ethyl adjacent to an activating group) is 1. The van der Waals surface area contributed by atoms with E-state index < -0.39 is 17.9 Å². The first-order chi connectivity index (χ1) is 9.52. The van der Waals surface area contributed by atoms with Gasteiger partial charge in [0.15, 0.2) is 0 Å². The largest absolute Gasteiger partial charge is 0.399 e. The summed E-state index contributed by atoms with van der Waals surface area (Å²) < 4.78 is 0. The number of carbonyl (C=O) groups excluding carboxylic acids is 2. The van der Waals surface area contributed by atoms with E-state index in [-0.39, 0.29) is 6.54 Å². The van der Waals surface area contributed by atoms with Crippen LogP contribution in [0.1, 0.15) is 18.6 Å². The third-order valence-corrected chi connectivity index (χ3v) is 3.47. The van der Waals surface area contributed by atoms with Crippen LogP contribution in [0.3, 0.4) is 0 Å². The van der Waals surface area contributed by atoms with Crippen molar-refractivity contribution in [1.29, 1.82) is 0 Å². The van der Waals surface area contributed by atoms with Gasteiger partial charge in [0.25, 0.3) is 0 Å². The van der Waals surface area contributed by atoms with Crippen LogP contribution in [0.4, 0.5) is 5.69 Å². The summed E-state index contributed by atoms with van der Waals surface area (Å²) >= 11 is 0. The van der Waals surface area contributed by atoms with Crippen LogP contribution in [0.2, 0.25) is 0 Å². The Hall–Kier alpha value is -2.08. The van der Waals surface area contributed by atoms with Crippen molar-refractivity contribution in [2.24, 2.45) is 0 Å². The Kier molecular flexibility index (Phi) is 4.24. The highest BCUT2D eigenvalue weighted by atomic mass is 16.3. The lowest BCUT2D eigenvalue weighted by Crippen LogP contribution is -2.54. The molecule has 0 radical (unpaired) electrons. The number of aliphatic hydroxyl groups is 1. The van der Waals surface area contributed by atoms with Crippen molar-refractivity contribution in [1.82, 2.24) is 9.80 Å². The lowest BCUT2D eigenvalue weighted by molar-refractivity contribution is -0.156. The number of anilines is 1. The Balaban J connectivity index is 2.03. The van der Waals surface area contributed by atoms with Gasteiger partial charge in [-0.3, -0.25) is 9.59 Å². The van der Waals surface area contributed by atoms with E-state index in [0.29, 0.717) is 30.9 Å². The minimum Gasteiger partial charge on any atom is -0.399 e. The van der Waals surface area contributed by atoms with E-state index in [4.69, 9.17) is 5.73 Å². The van der Waals surface area contributed by atoms with Crippen molar-refractivity contribution in [2.75, 3.05) is 31.9 Å². The Labute approximate surface area is 117 Å². The molecule has 2 amide bonds. The maximum atomic E-state index is 11.9. The van der Waals surface area contributed by atoms with E-state index in [1.54, 1.807) is 24.3 Å². The summed E-state index contributed by atoms with van der Waals surface area (Å²) in [7, 11) is 0. The van der Waals surface area contributed by atoms with Crippen molar-refractivity contribution in [3.8, 4) is 0 Å². The molecule has 0 aliphatic carbocycles. The van der Waals surface area contributed by atoms with Crippen molar-refractivity contribution >= 4 is 17.5 Å². The van der Waals surface area contributed by atoms with E-state index in [0.717, 1.165) is 0 Å². The Morgan fingerprint density at radius 3 is 2.55 bits per heavy atom. The molecule has 0 aromatic heterocycles. The zero-order valence-corrected chi connectivity index (χ0v) is 11.5. The number of nitrogen functional groups attached to an aromatic ring is 1. The van der Waals surface area contributed by atoms with Gasteiger partial charge in [0, 0.05) is 25.3 Å². The highest BCUT2D eigenvalue weighted by molar-refractivity contribution is 6.35. The van der Waals surface area contributed by atoms with Gasteiger partial charge in [-0.15, -0.1) is 0 Å². The number of amides is 2. The summed E-state index contributed by atoms with van der Waals surface area (Å²) in [5, 5.41) is 10.1. The molecule has 1 aromatic carbocycles. The fraction of sp³-hybridized carbons (Fsp3) is 0.429. The van der Waals surface area contributed by atoms with Crippen LogP contribution in [0.25, 0.3) is 0 Å². The van der Waals surface area contributed by atoms with Gasteiger partial charge < -0.3 is 20.6 Å². The number of benzene rings is 1. The number of hydrogen-bond acceptors (Lipinski definition) is 4. The van der Waals surface area contributed by atoms with Gasteiger partial charge in [-0.1, -0.05) is 12.1 Å². The molecule has 1 unspecified atom stereocenters. The van der Waals surface area contributed by atoms with Gasteiger partial charge in [0.1, 0.15) is 0 Å². The van der Waals surface area contributed by atoms with Gasteiger partial charge in [-0.05, 0) is 24.6 Å². The maximum absolute atomic E-state index is 11.9. The molecule has 1 aliphatic heterocycles. The number of nitrogens with two attached hydrogens (primary N) is 1.